The number of halogens is 3. The minimum atomic E-state index is -4.79. The van der Waals surface area contributed by atoms with E-state index in [-0.39, 0.29) is 0 Å². The fourth-order valence-corrected chi connectivity index (χ4v) is 3.94. The highest BCUT2D eigenvalue weighted by Crippen LogP contribution is 2.35. The average molecular weight is 421 g/mol. The predicted molar refractivity (Wildman–Crippen MR) is 99.5 cm³/mol. The molecule has 10 heteroatoms. The van der Waals surface area contributed by atoms with Crippen molar-refractivity contribution in [2.75, 3.05) is 0 Å². The number of hydrogen-bond donors (Lipinski definition) is 0. The van der Waals surface area contributed by atoms with Crippen molar-refractivity contribution in [1.29, 1.82) is 0 Å². The lowest BCUT2D eigenvalue weighted by atomic mass is 10.1. The molecule has 3 aromatic rings. The van der Waals surface area contributed by atoms with E-state index < -0.39 is 35.8 Å². The van der Waals surface area contributed by atoms with Gasteiger partial charge >= 0.3 is 6.18 Å². The number of nitrogens with zero attached hydrogens (tertiary/aromatic N) is 3. The summed E-state index contributed by atoms with van der Waals surface area (Å²) in [5.41, 5.74) is -2.03. The fourth-order valence-electron chi connectivity index (χ4n) is 3.13. The quantitative estimate of drug-likeness (QED) is 0.642. The van der Waals surface area contributed by atoms with Gasteiger partial charge in [0.1, 0.15) is 23.6 Å². The third-order valence-electron chi connectivity index (χ3n) is 4.47. The van der Waals surface area contributed by atoms with Crippen LogP contribution in [0.5, 0.6) is 0 Å². The average Bonchev–Trinajstić information content (AvgIpc) is 3.42. The van der Waals surface area contributed by atoms with E-state index in [1.165, 1.54) is 22.6 Å². The Hall–Kier alpha value is -3.14. The minimum Gasteiger partial charge on any atom is -0.463 e. The first-order valence-electron chi connectivity index (χ1n) is 8.58. The molecular formula is C19H14F3N3O3S. The Balaban J connectivity index is 1.65. The van der Waals surface area contributed by atoms with Gasteiger partial charge in [-0.2, -0.15) is 18.3 Å². The second-order valence-electron chi connectivity index (χ2n) is 6.35. The molecule has 1 atom stereocenters. The molecular weight excluding hydrogens is 407 g/mol. The second kappa shape index (κ2) is 7.36. The summed E-state index contributed by atoms with van der Waals surface area (Å²) in [4.78, 5) is 25.9. The predicted octanol–water partition coefficient (Wildman–Crippen LogP) is 3.90. The van der Waals surface area contributed by atoms with Crippen molar-refractivity contribution in [3.63, 3.8) is 0 Å². The van der Waals surface area contributed by atoms with Crippen molar-refractivity contribution in [1.82, 2.24) is 9.58 Å². The van der Waals surface area contributed by atoms with Crippen LogP contribution >= 0.6 is 11.3 Å². The summed E-state index contributed by atoms with van der Waals surface area (Å²) in [5, 5.41) is 7.42. The largest absolute Gasteiger partial charge is 0.463 e. The summed E-state index contributed by atoms with van der Waals surface area (Å²) in [7, 11) is 0. The van der Waals surface area contributed by atoms with E-state index in [1.807, 2.05) is 17.5 Å². The number of aromatic nitrogens is 1. The molecule has 0 saturated carbocycles. The monoisotopic (exact) mass is 421 g/mol. The first-order valence-corrected chi connectivity index (χ1v) is 9.46. The van der Waals surface area contributed by atoms with E-state index in [0.717, 1.165) is 21.7 Å². The third kappa shape index (κ3) is 3.75. The maximum atomic E-state index is 13.0. The number of hydrazone groups is 1. The van der Waals surface area contributed by atoms with Crippen molar-refractivity contribution in [3.05, 3.63) is 80.8 Å². The Morgan fingerprint density at radius 3 is 2.72 bits per heavy atom. The first-order chi connectivity index (χ1) is 13.8. The molecule has 3 aromatic heterocycles. The van der Waals surface area contributed by atoms with Crippen molar-refractivity contribution >= 4 is 23.0 Å². The van der Waals surface area contributed by atoms with Crippen molar-refractivity contribution in [2.45, 2.75) is 25.2 Å². The number of hydrogen-bond acceptors (Lipinski definition) is 5. The van der Waals surface area contributed by atoms with Crippen LogP contribution in [0.25, 0.3) is 0 Å². The summed E-state index contributed by atoms with van der Waals surface area (Å²) in [5.74, 6) is -0.0792. The molecule has 0 aliphatic carbocycles. The molecule has 0 bridgehead atoms. The number of carbonyl (C=O) groups excluding carboxylic acids is 1. The first kappa shape index (κ1) is 19.2. The Morgan fingerprint density at radius 2 is 2.07 bits per heavy atom. The second-order valence-corrected chi connectivity index (χ2v) is 7.33. The van der Waals surface area contributed by atoms with Gasteiger partial charge in [0.25, 0.3) is 11.5 Å². The van der Waals surface area contributed by atoms with Gasteiger partial charge < -0.3 is 8.98 Å². The lowest BCUT2D eigenvalue weighted by Crippen LogP contribution is -2.35. The van der Waals surface area contributed by atoms with Crippen LogP contribution in [0.1, 0.15) is 28.7 Å². The molecule has 0 spiro atoms. The molecule has 1 aliphatic heterocycles. The van der Waals surface area contributed by atoms with E-state index in [9.17, 15) is 22.8 Å². The van der Waals surface area contributed by atoms with Crippen LogP contribution in [0.2, 0.25) is 0 Å². The Bertz CT molecular complexity index is 1100. The van der Waals surface area contributed by atoms with Crippen LogP contribution < -0.4 is 5.56 Å². The van der Waals surface area contributed by atoms with Gasteiger partial charge in [0, 0.05) is 17.5 Å². The highest BCUT2D eigenvalue weighted by molar-refractivity contribution is 7.10. The van der Waals surface area contributed by atoms with Crippen LogP contribution in [0, 0.1) is 0 Å². The van der Waals surface area contributed by atoms with Crippen LogP contribution in [-0.2, 0) is 17.5 Å². The SMILES string of the molecule is O=C(Cn1cccc(C(F)(F)F)c1=O)N1N=C(c2ccco2)CC1c1cccs1. The number of thiophene rings is 1. The molecule has 4 rings (SSSR count). The van der Waals surface area contributed by atoms with E-state index >= 15 is 0 Å². The summed E-state index contributed by atoms with van der Waals surface area (Å²) in [6, 6.07) is 8.48. The van der Waals surface area contributed by atoms with Crippen LogP contribution in [-0.4, -0.2) is 21.2 Å². The molecule has 0 fully saturated rings. The Labute approximate surface area is 166 Å². The van der Waals surface area contributed by atoms with Crippen molar-refractivity contribution in [3.8, 4) is 0 Å². The molecule has 4 heterocycles. The van der Waals surface area contributed by atoms with Gasteiger partial charge in [0.05, 0.1) is 12.3 Å². The summed E-state index contributed by atoms with van der Waals surface area (Å²) >= 11 is 1.44. The molecule has 150 valence electrons. The topological polar surface area (TPSA) is 67.8 Å². The third-order valence-corrected chi connectivity index (χ3v) is 5.45. The van der Waals surface area contributed by atoms with Gasteiger partial charge in [-0.1, -0.05) is 6.07 Å². The molecule has 1 aliphatic rings. The van der Waals surface area contributed by atoms with Crippen LogP contribution in [0.4, 0.5) is 13.2 Å². The van der Waals surface area contributed by atoms with Crippen LogP contribution in [0.15, 0.2) is 68.6 Å². The molecule has 0 radical (unpaired) electrons. The van der Waals surface area contributed by atoms with Gasteiger partial charge in [0.15, 0.2) is 0 Å². The Kier molecular flexibility index (Phi) is 4.87. The maximum Gasteiger partial charge on any atom is 0.421 e. The van der Waals surface area contributed by atoms with Gasteiger partial charge in [-0.25, -0.2) is 5.01 Å². The van der Waals surface area contributed by atoms with E-state index in [2.05, 4.69) is 5.10 Å². The van der Waals surface area contributed by atoms with E-state index in [4.69, 9.17) is 4.42 Å². The molecule has 1 unspecified atom stereocenters. The lowest BCUT2D eigenvalue weighted by Gasteiger charge is -2.21. The highest BCUT2D eigenvalue weighted by atomic mass is 32.1. The molecule has 0 saturated heterocycles. The van der Waals surface area contributed by atoms with E-state index in [1.54, 1.807) is 12.1 Å². The van der Waals surface area contributed by atoms with Gasteiger partial charge in [-0.05, 0) is 35.7 Å². The number of amides is 1. The van der Waals surface area contributed by atoms with Gasteiger partial charge in [0.2, 0.25) is 0 Å². The summed E-state index contributed by atoms with van der Waals surface area (Å²) < 4.78 is 45.1. The number of carbonyl (C=O) groups is 1. The van der Waals surface area contributed by atoms with Crippen molar-refractivity contribution < 1.29 is 22.4 Å². The molecule has 0 aromatic carbocycles. The smallest absolute Gasteiger partial charge is 0.421 e. The number of rotatable bonds is 4. The van der Waals surface area contributed by atoms with Gasteiger partial charge in [-0.3, -0.25) is 9.59 Å². The van der Waals surface area contributed by atoms with Gasteiger partial charge in [-0.15, -0.1) is 11.3 Å². The normalized spacial score (nSPS) is 16.9. The summed E-state index contributed by atoms with van der Waals surface area (Å²) in [6.07, 6.45) is -1.74. The number of furan rings is 1. The molecule has 0 N–H and O–H groups in total. The lowest BCUT2D eigenvalue weighted by molar-refractivity contribution is -0.140. The fraction of sp³-hybridized carbons (Fsp3) is 0.211. The zero-order valence-corrected chi connectivity index (χ0v) is 15.6. The van der Waals surface area contributed by atoms with E-state index in [0.29, 0.717) is 24.0 Å². The Morgan fingerprint density at radius 1 is 1.24 bits per heavy atom. The standard InChI is InChI=1S/C19H14F3N3O3S/c20-19(21,22)12-4-1-7-24(18(12)27)11-17(26)25-14(16-6-3-9-29-16)10-13(23-25)15-5-2-8-28-15/h1-9,14H,10-11H2. The zero-order chi connectivity index (χ0) is 20.6. The number of alkyl halides is 3. The minimum absolute atomic E-state index is 0.400. The molecule has 29 heavy (non-hydrogen) atoms. The molecule has 1 amide bonds. The highest BCUT2D eigenvalue weighted by Gasteiger charge is 2.36. The van der Waals surface area contributed by atoms with Crippen LogP contribution in [0.3, 0.4) is 0 Å². The number of pyridine rings is 1. The summed E-state index contributed by atoms with van der Waals surface area (Å²) in [6.45, 7) is -0.556. The maximum absolute atomic E-state index is 13.0. The molecule has 6 nitrogen and oxygen atoms in total. The van der Waals surface area contributed by atoms with Crippen molar-refractivity contribution in [2.24, 2.45) is 5.10 Å². The zero-order valence-electron chi connectivity index (χ0n) is 14.8.